The molecule has 0 spiro atoms. The van der Waals surface area contributed by atoms with E-state index < -0.39 is 0 Å². The number of rotatable bonds is 2. The van der Waals surface area contributed by atoms with Gasteiger partial charge >= 0.3 is 0 Å². The summed E-state index contributed by atoms with van der Waals surface area (Å²) in [6, 6.07) is 13.3. The second-order valence-corrected chi connectivity index (χ2v) is 3.18. The van der Waals surface area contributed by atoms with Crippen LogP contribution in [0.15, 0.2) is 42.5 Å². The molecule has 0 amide bonds. The number of aromatic nitrogens is 1. The maximum atomic E-state index is 5.62. The average Bonchev–Trinajstić information content (AvgIpc) is 2.29. The molecule has 2 rings (SSSR count). The fourth-order valence-corrected chi connectivity index (χ4v) is 1.37. The Balaban J connectivity index is 2.37. The maximum absolute atomic E-state index is 5.62. The number of hydrogen-bond donors (Lipinski definition) is 0. The lowest BCUT2D eigenvalue weighted by molar-refractivity contribution is 0.415. The highest BCUT2D eigenvalue weighted by atomic mass is 16.5. The molecule has 0 aliphatic carbocycles. The van der Waals surface area contributed by atoms with Gasteiger partial charge in [0.05, 0.1) is 12.8 Å². The van der Waals surface area contributed by atoms with Crippen LogP contribution in [0.4, 0.5) is 0 Å². The lowest BCUT2D eigenvalue weighted by Crippen LogP contribution is -2.07. The topological polar surface area (TPSA) is 22.1 Å². The summed E-state index contributed by atoms with van der Waals surface area (Å²) in [5.74, 6) is 0.836. The van der Waals surface area contributed by atoms with Crippen molar-refractivity contribution in [1.29, 1.82) is 0 Å². The predicted molar refractivity (Wildman–Crippen MR) is 61.6 cm³/mol. The fraction of sp³-hybridized carbons (Fsp3) is 0.0833. The summed E-state index contributed by atoms with van der Waals surface area (Å²) in [5, 5.41) is 0. The summed E-state index contributed by atoms with van der Waals surface area (Å²) in [4.78, 5) is 4.24. The van der Waals surface area contributed by atoms with Crippen molar-refractivity contribution >= 4 is 13.4 Å². The molecule has 1 heterocycles. The Morgan fingerprint density at radius 2 is 1.80 bits per heavy atom. The molecular formula is C12H10BNO. The van der Waals surface area contributed by atoms with Crippen molar-refractivity contribution in [2.45, 2.75) is 0 Å². The van der Waals surface area contributed by atoms with Gasteiger partial charge in [0.2, 0.25) is 0 Å². The van der Waals surface area contributed by atoms with E-state index in [9.17, 15) is 0 Å². The summed E-state index contributed by atoms with van der Waals surface area (Å²) in [7, 11) is 7.26. The number of nitrogens with zero attached hydrogens (tertiary/aromatic N) is 1. The molecule has 15 heavy (non-hydrogen) atoms. The first-order chi connectivity index (χ1) is 7.29. The van der Waals surface area contributed by atoms with Crippen molar-refractivity contribution in [3.63, 3.8) is 0 Å². The lowest BCUT2D eigenvalue weighted by atomic mass is 10.0. The zero-order valence-electron chi connectivity index (χ0n) is 8.47. The number of hydrogen-bond acceptors (Lipinski definition) is 2. The summed E-state index contributed by atoms with van der Waals surface area (Å²) >= 11 is 0. The summed E-state index contributed by atoms with van der Waals surface area (Å²) in [5.41, 5.74) is 2.43. The Labute approximate surface area is 90.3 Å². The maximum Gasteiger partial charge on any atom is 0.141 e. The van der Waals surface area contributed by atoms with Crippen LogP contribution in [0.25, 0.3) is 11.3 Å². The minimum atomic E-state index is 0.531. The van der Waals surface area contributed by atoms with Crippen LogP contribution in [0.3, 0.4) is 0 Å². The van der Waals surface area contributed by atoms with Crippen molar-refractivity contribution in [3.05, 3.63) is 42.5 Å². The standard InChI is InChI=1S/C12H10BNO/c1-15-10-7-5-9(6-8-10)11-3-2-4-12(13)14-11/h2-8H,1H3. The van der Waals surface area contributed by atoms with Gasteiger partial charge in [-0.3, -0.25) is 4.98 Å². The van der Waals surface area contributed by atoms with Crippen molar-refractivity contribution in [3.8, 4) is 17.0 Å². The largest absolute Gasteiger partial charge is 0.497 e. The van der Waals surface area contributed by atoms with E-state index in [-0.39, 0.29) is 0 Å². The number of ether oxygens (including phenoxy) is 1. The molecule has 1 aromatic carbocycles. The lowest BCUT2D eigenvalue weighted by Gasteiger charge is -2.03. The van der Waals surface area contributed by atoms with E-state index in [1.807, 2.05) is 36.4 Å². The predicted octanol–water partition coefficient (Wildman–Crippen LogP) is 1.55. The van der Waals surface area contributed by atoms with Crippen LogP contribution < -0.4 is 10.3 Å². The van der Waals surface area contributed by atoms with Gasteiger partial charge in [-0.05, 0) is 35.9 Å². The molecule has 2 aromatic rings. The Hall–Kier alpha value is -1.77. The zero-order chi connectivity index (χ0) is 10.7. The Bertz CT molecular complexity index is 453. The van der Waals surface area contributed by atoms with Gasteiger partial charge in [-0.1, -0.05) is 12.1 Å². The third kappa shape index (κ3) is 2.18. The van der Waals surface area contributed by atoms with Gasteiger partial charge in [0, 0.05) is 5.56 Å². The summed E-state index contributed by atoms with van der Waals surface area (Å²) < 4.78 is 5.08. The van der Waals surface area contributed by atoms with Crippen LogP contribution in [0.1, 0.15) is 0 Å². The molecule has 3 heteroatoms. The average molecular weight is 195 g/mol. The molecule has 0 unspecified atom stereocenters. The first kappa shape index (κ1) is 9.78. The van der Waals surface area contributed by atoms with Crippen LogP contribution in [0.2, 0.25) is 0 Å². The molecule has 0 N–H and O–H groups in total. The Kier molecular flexibility index (Phi) is 2.72. The number of benzene rings is 1. The molecule has 0 saturated heterocycles. The van der Waals surface area contributed by atoms with E-state index in [1.165, 1.54) is 0 Å². The first-order valence-corrected chi connectivity index (χ1v) is 4.66. The van der Waals surface area contributed by atoms with Crippen molar-refractivity contribution < 1.29 is 4.74 Å². The molecule has 2 nitrogen and oxygen atoms in total. The van der Waals surface area contributed by atoms with Crippen LogP contribution in [0.5, 0.6) is 5.75 Å². The molecule has 0 aliphatic heterocycles. The van der Waals surface area contributed by atoms with Gasteiger partial charge in [0.1, 0.15) is 13.6 Å². The third-order valence-electron chi connectivity index (χ3n) is 2.16. The van der Waals surface area contributed by atoms with Gasteiger partial charge in [-0.15, -0.1) is 0 Å². The number of methoxy groups -OCH3 is 1. The summed E-state index contributed by atoms with van der Waals surface area (Å²) in [6.07, 6.45) is 0. The SMILES string of the molecule is [B]c1cccc(-c2ccc(OC)cc2)n1. The second-order valence-electron chi connectivity index (χ2n) is 3.18. The van der Waals surface area contributed by atoms with Gasteiger partial charge in [-0.2, -0.15) is 0 Å². The smallest absolute Gasteiger partial charge is 0.141 e. The molecule has 0 atom stereocenters. The van der Waals surface area contributed by atoms with Crippen LogP contribution >= 0.6 is 0 Å². The van der Waals surface area contributed by atoms with E-state index in [1.54, 1.807) is 13.2 Å². The van der Waals surface area contributed by atoms with E-state index in [2.05, 4.69) is 4.98 Å². The normalized spacial score (nSPS) is 9.93. The third-order valence-corrected chi connectivity index (χ3v) is 2.16. The summed E-state index contributed by atoms with van der Waals surface area (Å²) in [6.45, 7) is 0. The van der Waals surface area contributed by atoms with Gasteiger partial charge < -0.3 is 4.74 Å². The Morgan fingerprint density at radius 1 is 1.07 bits per heavy atom. The highest BCUT2D eigenvalue weighted by Gasteiger charge is 1.99. The van der Waals surface area contributed by atoms with Gasteiger partial charge in [0.15, 0.2) is 0 Å². The molecule has 2 radical (unpaired) electrons. The van der Waals surface area contributed by atoms with E-state index in [0.29, 0.717) is 5.59 Å². The van der Waals surface area contributed by atoms with Crippen LogP contribution in [-0.2, 0) is 0 Å². The zero-order valence-corrected chi connectivity index (χ0v) is 8.47. The van der Waals surface area contributed by atoms with Gasteiger partial charge in [0.25, 0.3) is 0 Å². The van der Waals surface area contributed by atoms with Gasteiger partial charge in [-0.25, -0.2) is 0 Å². The van der Waals surface area contributed by atoms with Crippen molar-refractivity contribution in [2.75, 3.05) is 7.11 Å². The number of pyridine rings is 1. The highest BCUT2D eigenvalue weighted by molar-refractivity contribution is 6.30. The quantitative estimate of drug-likeness (QED) is 0.678. The first-order valence-electron chi connectivity index (χ1n) is 4.66. The minimum Gasteiger partial charge on any atom is -0.497 e. The monoisotopic (exact) mass is 195 g/mol. The fourth-order valence-electron chi connectivity index (χ4n) is 1.37. The van der Waals surface area contributed by atoms with Crippen LogP contribution in [-0.4, -0.2) is 19.9 Å². The van der Waals surface area contributed by atoms with E-state index in [4.69, 9.17) is 12.6 Å². The molecule has 0 bridgehead atoms. The minimum absolute atomic E-state index is 0.531. The molecule has 1 aromatic heterocycles. The van der Waals surface area contributed by atoms with Crippen molar-refractivity contribution in [2.24, 2.45) is 0 Å². The Morgan fingerprint density at radius 3 is 2.40 bits per heavy atom. The molecule has 0 fully saturated rings. The molecule has 0 saturated carbocycles. The van der Waals surface area contributed by atoms with E-state index >= 15 is 0 Å². The van der Waals surface area contributed by atoms with Crippen molar-refractivity contribution in [1.82, 2.24) is 4.98 Å². The second kappa shape index (κ2) is 4.17. The molecular weight excluding hydrogens is 185 g/mol. The van der Waals surface area contributed by atoms with Crippen LogP contribution in [0, 0.1) is 0 Å². The highest BCUT2D eigenvalue weighted by Crippen LogP contribution is 2.19. The molecule has 72 valence electrons. The van der Waals surface area contributed by atoms with E-state index in [0.717, 1.165) is 17.0 Å². The molecule has 0 aliphatic rings.